The fraction of sp³-hybridized carbons (Fsp3) is 0.136. The standard InChI is InChI=1S/C44H38N4O/c1-29-43(32-15-10-7-11-16-32)30(2)48(46-29)35-17-12-18-36(27-35)49-37-20-21-38-39-25-33(31-13-8-6-9-14-31)19-22-40(39)47(41(38)28-37)42-26-34(23-24-45-42)44(3,4)5/h6-28H,1-5H3. The Bertz CT molecular complexity index is 2470. The Morgan fingerprint density at radius 1 is 0.592 bits per heavy atom. The van der Waals surface area contributed by atoms with E-state index in [9.17, 15) is 0 Å². The van der Waals surface area contributed by atoms with Crippen molar-refractivity contribution in [1.29, 1.82) is 0 Å². The zero-order chi connectivity index (χ0) is 33.7. The Hall–Kier alpha value is -5.94. The minimum atomic E-state index is -0.0104. The third kappa shape index (κ3) is 5.57. The first kappa shape index (κ1) is 30.4. The summed E-state index contributed by atoms with van der Waals surface area (Å²) in [7, 11) is 0. The Morgan fingerprint density at radius 3 is 2.08 bits per heavy atom. The second kappa shape index (κ2) is 11.9. The molecule has 5 aromatic carbocycles. The summed E-state index contributed by atoms with van der Waals surface area (Å²) in [5.41, 5.74) is 11.1. The van der Waals surface area contributed by atoms with E-state index in [1.54, 1.807) is 0 Å². The van der Waals surface area contributed by atoms with Gasteiger partial charge in [-0.3, -0.25) is 4.57 Å². The third-order valence-electron chi connectivity index (χ3n) is 9.34. The normalized spacial score (nSPS) is 11.8. The zero-order valence-electron chi connectivity index (χ0n) is 28.5. The van der Waals surface area contributed by atoms with Crippen LogP contribution >= 0.6 is 0 Å². The van der Waals surface area contributed by atoms with Gasteiger partial charge in [-0.2, -0.15) is 5.10 Å². The molecule has 8 rings (SSSR count). The first-order valence-electron chi connectivity index (χ1n) is 16.7. The quantitative estimate of drug-likeness (QED) is 0.182. The highest BCUT2D eigenvalue weighted by atomic mass is 16.5. The number of aryl methyl sites for hydroxylation is 1. The molecule has 0 aliphatic heterocycles. The lowest BCUT2D eigenvalue weighted by molar-refractivity contribution is 0.482. The summed E-state index contributed by atoms with van der Waals surface area (Å²) in [6.07, 6.45) is 1.92. The summed E-state index contributed by atoms with van der Waals surface area (Å²) >= 11 is 0. The van der Waals surface area contributed by atoms with Crippen LogP contribution in [0.2, 0.25) is 0 Å². The monoisotopic (exact) mass is 638 g/mol. The van der Waals surface area contributed by atoms with Gasteiger partial charge in [0, 0.05) is 40.4 Å². The van der Waals surface area contributed by atoms with E-state index in [-0.39, 0.29) is 5.41 Å². The molecule has 0 radical (unpaired) electrons. The number of fused-ring (bicyclic) bond motifs is 3. The van der Waals surface area contributed by atoms with Gasteiger partial charge < -0.3 is 4.74 Å². The van der Waals surface area contributed by atoms with Crippen LogP contribution in [0.3, 0.4) is 0 Å². The number of rotatable bonds is 6. The molecule has 0 N–H and O–H groups in total. The summed E-state index contributed by atoms with van der Waals surface area (Å²) in [5, 5.41) is 7.24. The van der Waals surface area contributed by atoms with Gasteiger partial charge in [-0.05, 0) is 90.0 Å². The number of pyridine rings is 1. The molecule has 0 aliphatic carbocycles. The number of hydrogen-bond donors (Lipinski definition) is 0. The van der Waals surface area contributed by atoms with Crippen molar-refractivity contribution in [3.63, 3.8) is 0 Å². The van der Waals surface area contributed by atoms with Crippen molar-refractivity contribution in [3.8, 4) is 45.3 Å². The minimum absolute atomic E-state index is 0.0104. The predicted molar refractivity (Wildman–Crippen MR) is 201 cm³/mol. The molecule has 0 aliphatic rings. The molecular weight excluding hydrogens is 601 g/mol. The SMILES string of the molecule is Cc1nn(-c2cccc(Oc3ccc4c5cc(-c6ccccc6)ccc5n(-c5cc(C(C)(C)C)ccn5)c4c3)c2)c(C)c1-c1ccccc1. The number of benzene rings is 5. The fourth-order valence-corrected chi connectivity index (χ4v) is 6.86. The molecule has 0 fully saturated rings. The average Bonchev–Trinajstić information content (AvgIpc) is 3.60. The van der Waals surface area contributed by atoms with Crippen molar-refractivity contribution >= 4 is 21.8 Å². The van der Waals surface area contributed by atoms with Crippen LogP contribution < -0.4 is 4.74 Å². The molecule has 0 amide bonds. The Balaban J connectivity index is 1.23. The van der Waals surface area contributed by atoms with Crippen molar-refractivity contribution < 1.29 is 4.74 Å². The highest BCUT2D eigenvalue weighted by molar-refractivity contribution is 6.10. The van der Waals surface area contributed by atoms with Gasteiger partial charge in [0.15, 0.2) is 0 Å². The first-order valence-corrected chi connectivity index (χ1v) is 16.7. The van der Waals surface area contributed by atoms with Crippen molar-refractivity contribution in [2.75, 3.05) is 0 Å². The minimum Gasteiger partial charge on any atom is -0.457 e. The topological polar surface area (TPSA) is 44.9 Å². The molecule has 0 spiro atoms. The molecular formula is C44H38N4O. The number of ether oxygens (including phenoxy) is 1. The molecule has 5 heteroatoms. The van der Waals surface area contributed by atoms with E-state index in [0.29, 0.717) is 0 Å². The Labute approximate surface area is 287 Å². The van der Waals surface area contributed by atoms with Crippen LogP contribution in [0, 0.1) is 13.8 Å². The molecule has 0 saturated carbocycles. The molecule has 3 heterocycles. The van der Waals surface area contributed by atoms with Crippen LogP contribution in [0.25, 0.3) is 55.6 Å². The summed E-state index contributed by atoms with van der Waals surface area (Å²) in [4.78, 5) is 4.89. The zero-order valence-corrected chi connectivity index (χ0v) is 28.5. The van der Waals surface area contributed by atoms with Crippen LogP contribution in [-0.2, 0) is 5.41 Å². The van der Waals surface area contributed by atoms with E-state index in [1.165, 1.54) is 27.6 Å². The van der Waals surface area contributed by atoms with Crippen LogP contribution in [0.15, 0.2) is 140 Å². The van der Waals surface area contributed by atoms with Crippen LogP contribution in [0.4, 0.5) is 0 Å². The van der Waals surface area contributed by atoms with Gasteiger partial charge in [-0.15, -0.1) is 0 Å². The number of aromatic nitrogens is 4. The van der Waals surface area contributed by atoms with Crippen molar-refractivity contribution in [3.05, 3.63) is 157 Å². The van der Waals surface area contributed by atoms with Gasteiger partial charge in [-0.25, -0.2) is 9.67 Å². The van der Waals surface area contributed by atoms with E-state index in [4.69, 9.17) is 14.8 Å². The van der Waals surface area contributed by atoms with Crippen LogP contribution in [0.5, 0.6) is 11.5 Å². The average molecular weight is 639 g/mol. The summed E-state index contributed by atoms with van der Waals surface area (Å²) in [6.45, 7) is 10.9. The lowest BCUT2D eigenvalue weighted by atomic mass is 9.88. The van der Waals surface area contributed by atoms with E-state index in [1.807, 2.05) is 29.1 Å². The maximum absolute atomic E-state index is 6.59. The third-order valence-corrected chi connectivity index (χ3v) is 9.34. The van der Waals surface area contributed by atoms with Crippen LogP contribution in [-0.4, -0.2) is 19.3 Å². The molecule has 0 unspecified atom stereocenters. The van der Waals surface area contributed by atoms with E-state index < -0.39 is 0 Å². The summed E-state index contributed by atoms with van der Waals surface area (Å²) in [5.74, 6) is 2.38. The molecule has 240 valence electrons. The second-order valence-corrected chi connectivity index (χ2v) is 13.7. The number of hydrogen-bond acceptors (Lipinski definition) is 3. The van der Waals surface area contributed by atoms with Gasteiger partial charge in [-0.1, -0.05) is 93.6 Å². The molecule has 5 nitrogen and oxygen atoms in total. The summed E-state index contributed by atoms with van der Waals surface area (Å²) in [6, 6.07) is 46.5. The smallest absolute Gasteiger partial charge is 0.137 e. The lowest BCUT2D eigenvalue weighted by Crippen LogP contribution is -2.12. The molecule has 49 heavy (non-hydrogen) atoms. The van der Waals surface area contributed by atoms with Crippen molar-refractivity contribution in [2.24, 2.45) is 0 Å². The van der Waals surface area contributed by atoms with Gasteiger partial charge in [0.25, 0.3) is 0 Å². The highest BCUT2D eigenvalue weighted by Gasteiger charge is 2.19. The lowest BCUT2D eigenvalue weighted by Gasteiger charge is -2.20. The largest absolute Gasteiger partial charge is 0.457 e. The van der Waals surface area contributed by atoms with Crippen molar-refractivity contribution in [1.82, 2.24) is 19.3 Å². The molecule has 0 saturated heterocycles. The maximum atomic E-state index is 6.59. The van der Waals surface area contributed by atoms with E-state index in [2.05, 4.69) is 154 Å². The second-order valence-electron chi connectivity index (χ2n) is 13.7. The van der Waals surface area contributed by atoms with E-state index in [0.717, 1.165) is 56.4 Å². The molecule has 3 aromatic heterocycles. The molecule has 0 bridgehead atoms. The maximum Gasteiger partial charge on any atom is 0.137 e. The van der Waals surface area contributed by atoms with Crippen LogP contribution in [0.1, 0.15) is 37.7 Å². The van der Waals surface area contributed by atoms with E-state index >= 15 is 0 Å². The number of nitrogens with zero attached hydrogens (tertiary/aromatic N) is 4. The first-order chi connectivity index (χ1) is 23.7. The molecule has 0 atom stereocenters. The predicted octanol–water partition coefficient (Wildman–Crippen LogP) is 11.4. The van der Waals surface area contributed by atoms with Crippen molar-refractivity contribution in [2.45, 2.75) is 40.0 Å². The van der Waals surface area contributed by atoms with Gasteiger partial charge in [0.1, 0.15) is 17.3 Å². The fourth-order valence-electron chi connectivity index (χ4n) is 6.86. The van der Waals surface area contributed by atoms with Gasteiger partial charge in [0.2, 0.25) is 0 Å². The summed E-state index contributed by atoms with van der Waals surface area (Å²) < 4.78 is 10.9. The molecule has 8 aromatic rings. The van der Waals surface area contributed by atoms with Gasteiger partial charge >= 0.3 is 0 Å². The Kier molecular flexibility index (Phi) is 7.41. The van der Waals surface area contributed by atoms with Gasteiger partial charge in [0.05, 0.1) is 22.4 Å². The Morgan fingerprint density at radius 2 is 1.33 bits per heavy atom. The highest BCUT2D eigenvalue weighted by Crippen LogP contribution is 2.38.